The van der Waals surface area contributed by atoms with Crippen LogP contribution in [0.25, 0.3) is 10.2 Å². The first-order valence-corrected chi connectivity index (χ1v) is 10.2. The van der Waals surface area contributed by atoms with Gasteiger partial charge in [-0.3, -0.25) is 9.59 Å². The third-order valence-corrected chi connectivity index (χ3v) is 6.83. The largest absolute Gasteiger partial charge is 0.397 e. The number of carbonyl (C=O) groups excluding carboxylic acids is 2. The first-order chi connectivity index (χ1) is 13.5. The maximum atomic E-state index is 12.8. The van der Waals surface area contributed by atoms with E-state index in [1.165, 1.54) is 23.8 Å². The number of amides is 1. The number of nitrogens with zero attached hydrogens (tertiary/aromatic N) is 2. The second-order valence-corrected chi connectivity index (χ2v) is 8.45. The molecule has 3 aromatic rings. The van der Waals surface area contributed by atoms with Crippen molar-refractivity contribution in [2.24, 2.45) is 0 Å². The average molecular weight is 392 g/mol. The highest BCUT2D eigenvalue weighted by Crippen LogP contribution is 2.45. The third-order valence-electron chi connectivity index (χ3n) is 5.72. The van der Waals surface area contributed by atoms with Crippen molar-refractivity contribution >= 4 is 50.4 Å². The molecule has 2 bridgehead atoms. The lowest BCUT2D eigenvalue weighted by molar-refractivity contribution is 0.101. The summed E-state index contributed by atoms with van der Waals surface area (Å²) in [5.41, 5.74) is 9.33. The first-order valence-electron chi connectivity index (χ1n) is 9.41. The molecule has 3 aliphatic heterocycles. The van der Waals surface area contributed by atoms with E-state index in [-0.39, 0.29) is 11.7 Å². The van der Waals surface area contributed by atoms with Gasteiger partial charge in [-0.25, -0.2) is 4.98 Å². The molecular formula is C21H20N4O2S. The lowest BCUT2D eigenvalue weighted by atomic mass is 9.84. The molecule has 0 unspecified atom stereocenters. The zero-order valence-corrected chi connectivity index (χ0v) is 16.3. The van der Waals surface area contributed by atoms with Crippen LogP contribution in [0.3, 0.4) is 0 Å². The Balaban J connectivity index is 1.48. The minimum absolute atomic E-state index is 0.00799. The third kappa shape index (κ3) is 2.65. The number of nitrogens with one attached hydrogen (secondary N) is 1. The summed E-state index contributed by atoms with van der Waals surface area (Å²) in [5.74, 6) is 1.35. The molecule has 1 saturated heterocycles. The Hall–Kier alpha value is -2.93. The monoisotopic (exact) mass is 392 g/mol. The minimum atomic E-state index is -0.252. The van der Waals surface area contributed by atoms with Crippen molar-refractivity contribution in [2.45, 2.75) is 25.7 Å². The molecule has 2 aromatic heterocycles. The summed E-state index contributed by atoms with van der Waals surface area (Å²) in [5, 5.41) is 3.74. The van der Waals surface area contributed by atoms with Crippen molar-refractivity contribution in [1.29, 1.82) is 0 Å². The standard InChI is InChI=1S/C21H20N4O2S/c1-11(26)12-2-4-14(5-3-12)23-20(27)18-17(22)16-10-15-13-6-8-25(9-7-13)19(15)24-21(16)28-18/h2-5,10,13H,6-9,22H2,1H3,(H,23,27). The lowest BCUT2D eigenvalue weighted by Gasteiger charge is -2.41. The smallest absolute Gasteiger partial charge is 0.267 e. The van der Waals surface area contributed by atoms with Gasteiger partial charge >= 0.3 is 0 Å². The van der Waals surface area contributed by atoms with E-state index in [0.717, 1.165) is 42.0 Å². The number of hydrogen-bond acceptors (Lipinski definition) is 6. The van der Waals surface area contributed by atoms with Gasteiger partial charge in [-0.15, -0.1) is 11.3 Å². The Morgan fingerprint density at radius 2 is 1.93 bits per heavy atom. The van der Waals surface area contributed by atoms with Crippen molar-refractivity contribution in [1.82, 2.24) is 4.98 Å². The Labute approximate surface area is 166 Å². The Morgan fingerprint density at radius 3 is 2.61 bits per heavy atom. The molecule has 5 heterocycles. The predicted octanol–water partition coefficient (Wildman–Crippen LogP) is 4.03. The lowest BCUT2D eigenvalue weighted by Crippen LogP contribution is -2.39. The highest BCUT2D eigenvalue weighted by Gasteiger charge is 2.33. The van der Waals surface area contributed by atoms with E-state index >= 15 is 0 Å². The number of pyridine rings is 1. The molecule has 3 aliphatic rings. The van der Waals surface area contributed by atoms with Crippen molar-refractivity contribution in [3.63, 3.8) is 0 Å². The number of Topliss-reactive ketones (excluding diaryl/α,β-unsaturated/α-hetero) is 1. The molecule has 3 N–H and O–H groups in total. The predicted molar refractivity (Wildman–Crippen MR) is 113 cm³/mol. The number of piperidine rings is 1. The van der Waals surface area contributed by atoms with Gasteiger partial charge in [0, 0.05) is 29.7 Å². The molecular weight excluding hydrogens is 372 g/mol. The molecule has 28 heavy (non-hydrogen) atoms. The number of anilines is 3. The fraction of sp³-hybridized carbons (Fsp3) is 0.286. The second kappa shape index (κ2) is 6.31. The second-order valence-electron chi connectivity index (χ2n) is 7.45. The molecule has 1 fully saturated rings. The van der Waals surface area contributed by atoms with Crippen LogP contribution < -0.4 is 16.0 Å². The molecule has 142 valence electrons. The number of rotatable bonds is 3. The van der Waals surface area contributed by atoms with Gasteiger partial charge in [-0.05, 0) is 61.6 Å². The Kier molecular flexibility index (Phi) is 3.87. The van der Waals surface area contributed by atoms with E-state index in [9.17, 15) is 9.59 Å². The summed E-state index contributed by atoms with van der Waals surface area (Å²) >= 11 is 1.33. The normalized spacial score (nSPS) is 15.7. The van der Waals surface area contributed by atoms with Crippen molar-refractivity contribution < 1.29 is 9.59 Å². The van der Waals surface area contributed by atoms with E-state index in [1.54, 1.807) is 24.3 Å². The van der Waals surface area contributed by atoms with Gasteiger partial charge in [-0.1, -0.05) is 0 Å². The van der Waals surface area contributed by atoms with Gasteiger partial charge in [0.25, 0.3) is 5.91 Å². The SMILES string of the molecule is CC(=O)c1ccc(NC(=O)c2sc3nc4c(cc3c2N)C2CCN4CC2)cc1. The van der Waals surface area contributed by atoms with Gasteiger partial charge in [0.2, 0.25) is 0 Å². The molecule has 0 saturated carbocycles. The number of nitrogens with two attached hydrogens (primary N) is 1. The maximum absolute atomic E-state index is 12.8. The number of ketones is 1. The minimum Gasteiger partial charge on any atom is -0.397 e. The zero-order chi connectivity index (χ0) is 19.4. The van der Waals surface area contributed by atoms with Crippen LogP contribution >= 0.6 is 11.3 Å². The highest BCUT2D eigenvalue weighted by atomic mass is 32.1. The molecule has 0 atom stereocenters. The summed E-state index contributed by atoms with van der Waals surface area (Å²) in [6.45, 7) is 3.63. The van der Waals surface area contributed by atoms with Crippen LogP contribution in [0.1, 0.15) is 51.3 Å². The quantitative estimate of drug-likeness (QED) is 0.657. The van der Waals surface area contributed by atoms with Crippen molar-refractivity contribution in [3.8, 4) is 0 Å². The van der Waals surface area contributed by atoms with Gasteiger partial charge in [0.15, 0.2) is 5.78 Å². The number of benzene rings is 1. The molecule has 0 radical (unpaired) electrons. The molecule has 6 nitrogen and oxygen atoms in total. The van der Waals surface area contributed by atoms with Gasteiger partial charge in [0.1, 0.15) is 15.5 Å². The summed E-state index contributed by atoms with van der Waals surface area (Å²) in [6.07, 6.45) is 2.32. The van der Waals surface area contributed by atoms with E-state index in [2.05, 4.69) is 16.3 Å². The fourth-order valence-corrected chi connectivity index (χ4v) is 5.12. The van der Waals surface area contributed by atoms with Crippen LogP contribution in [0.2, 0.25) is 0 Å². The average Bonchev–Trinajstić information content (AvgIpc) is 3.04. The van der Waals surface area contributed by atoms with Crippen LogP contribution in [0, 0.1) is 0 Å². The van der Waals surface area contributed by atoms with Gasteiger partial charge in [-0.2, -0.15) is 0 Å². The van der Waals surface area contributed by atoms with Crippen LogP contribution in [-0.2, 0) is 0 Å². The van der Waals surface area contributed by atoms with Crippen LogP contribution in [0.4, 0.5) is 17.2 Å². The number of nitrogen functional groups attached to an aromatic ring is 1. The molecule has 0 aliphatic carbocycles. The zero-order valence-electron chi connectivity index (χ0n) is 15.5. The fourth-order valence-electron chi connectivity index (χ4n) is 4.15. The highest BCUT2D eigenvalue weighted by molar-refractivity contribution is 7.21. The molecule has 1 amide bonds. The van der Waals surface area contributed by atoms with Crippen LogP contribution in [-0.4, -0.2) is 29.8 Å². The summed E-state index contributed by atoms with van der Waals surface area (Å²) in [4.78, 5) is 32.7. The molecule has 1 aromatic carbocycles. The number of aromatic nitrogens is 1. The van der Waals surface area contributed by atoms with E-state index in [4.69, 9.17) is 10.7 Å². The maximum Gasteiger partial charge on any atom is 0.267 e. The van der Waals surface area contributed by atoms with Gasteiger partial charge in [0.05, 0.1) is 5.69 Å². The van der Waals surface area contributed by atoms with E-state index in [0.29, 0.717) is 27.7 Å². The van der Waals surface area contributed by atoms with E-state index in [1.807, 2.05) is 0 Å². The van der Waals surface area contributed by atoms with Crippen molar-refractivity contribution in [3.05, 3.63) is 46.3 Å². The van der Waals surface area contributed by atoms with Gasteiger partial charge < -0.3 is 16.0 Å². The van der Waals surface area contributed by atoms with Crippen LogP contribution in [0.5, 0.6) is 0 Å². The Bertz CT molecular complexity index is 1110. The van der Waals surface area contributed by atoms with Crippen LogP contribution in [0.15, 0.2) is 30.3 Å². The number of hydrogen-bond donors (Lipinski definition) is 2. The molecule has 0 spiro atoms. The Morgan fingerprint density at radius 1 is 1.21 bits per heavy atom. The van der Waals surface area contributed by atoms with E-state index < -0.39 is 0 Å². The number of carbonyl (C=O) groups is 2. The van der Waals surface area contributed by atoms with Crippen molar-refractivity contribution in [2.75, 3.05) is 29.0 Å². The molecule has 7 heteroatoms. The summed E-state index contributed by atoms with van der Waals surface area (Å²) < 4.78 is 0. The topological polar surface area (TPSA) is 88.3 Å². The first kappa shape index (κ1) is 17.2. The summed E-state index contributed by atoms with van der Waals surface area (Å²) in [7, 11) is 0. The number of fused-ring (bicyclic) bond motifs is 3. The molecule has 6 rings (SSSR count). The summed E-state index contributed by atoms with van der Waals surface area (Å²) in [6, 6.07) is 8.98. The number of thiophene rings is 1.